The standard InChI is InChI=1S/C21H17ClN4O2/c22-17-8-6-15(7-9-17)13-26-19(10-11-23-26)25-20(27)12-18-14-28-21(24-18)16-4-2-1-3-5-16/h1-11,14H,12-13H2,(H,25,27). The molecule has 1 amide bonds. The molecule has 0 aliphatic rings. The lowest BCUT2D eigenvalue weighted by Crippen LogP contribution is -2.18. The Morgan fingerprint density at radius 1 is 1.07 bits per heavy atom. The predicted octanol–water partition coefficient (Wildman–Crippen LogP) is 4.42. The van der Waals surface area contributed by atoms with Gasteiger partial charge in [-0.2, -0.15) is 5.10 Å². The lowest BCUT2D eigenvalue weighted by Gasteiger charge is -2.09. The molecule has 2 aromatic heterocycles. The van der Waals surface area contributed by atoms with Crippen molar-refractivity contribution in [2.24, 2.45) is 0 Å². The minimum atomic E-state index is -0.189. The molecule has 4 aromatic rings. The average Bonchev–Trinajstić information content (AvgIpc) is 3.34. The normalized spacial score (nSPS) is 10.8. The molecule has 0 unspecified atom stereocenters. The van der Waals surface area contributed by atoms with Gasteiger partial charge in [0.15, 0.2) is 0 Å². The molecular formula is C21H17ClN4O2. The van der Waals surface area contributed by atoms with E-state index in [1.807, 2.05) is 54.6 Å². The van der Waals surface area contributed by atoms with E-state index < -0.39 is 0 Å². The van der Waals surface area contributed by atoms with E-state index >= 15 is 0 Å². The topological polar surface area (TPSA) is 73.0 Å². The van der Waals surface area contributed by atoms with Crippen LogP contribution in [0.5, 0.6) is 0 Å². The molecule has 28 heavy (non-hydrogen) atoms. The molecule has 0 saturated heterocycles. The van der Waals surface area contributed by atoms with Crippen molar-refractivity contribution in [2.45, 2.75) is 13.0 Å². The van der Waals surface area contributed by atoms with Crippen molar-refractivity contribution in [3.63, 3.8) is 0 Å². The first kappa shape index (κ1) is 18.0. The van der Waals surface area contributed by atoms with E-state index in [0.717, 1.165) is 11.1 Å². The Bertz CT molecular complexity index is 1070. The predicted molar refractivity (Wildman–Crippen MR) is 107 cm³/mol. The number of nitrogens with one attached hydrogen (secondary N) is 1. The van der Waals surface area contributed by atoms with Crippen molar-refractivity contribution in [3.05, 3.63) is 89.4 Å². The van der Waals surface area contributed by atoms with Crippen molar-refractivity contribution in [2.75, 3.05) is 5.32 Å². The molecule has 0 spiro atoms. The number of anilines is 1. The second-order valence-electron chi connectivity index (χ2n) is 6.24. The maximum absolute atomic E-state index is 12.4. The van der Waals surface area contributed by atoms with Gasteiger partial charge in [0.25, 0.3) is 0 Å². The molecule has 2 aromatic carbocycles. The van der Waals surface area contributed by atoms with E-state index in [1.54, 1.807) is 16.9 Å². The molecule has 7 heteroatoms. The number of benzene rings is 2. The summed E-state index contributed by atoms with van der Waals surface area (Å²) in [5.74, 6) is 0.925. The van der Waals surface area contributed by atoms with Crippen LogP contribution in [0.4, 0.5) is 5.82 Å². The summed E-state index contributed by atoms with van der Waals surface area (Å²) >= 11 is 5.92. The number of carbonyl (C=O) groups is 1. The zero-order chi connectivity index (χ0) is 19.3. The average molecular weight is 393 g/mol. The fourth-order valence-corrected chi connectivity index (χ4v) is 2.91. The molecule has 0 atom stereocenters. The van der Waals surface area contributed by atoms with Crippen LogP contribution < -0.4 is 5.32 Å². The number of amides is 1. The lowest BCUT2D eigenvalue weighted by atomic mass is 10.2. The summed E-state index contributed by atoms with van der Waals surface area (Å²) in [5.41, 5.74) is 2.47. The first-order valence-electron chi connectivity index (χ1n) is 8.73. The zero-order valence-electron chi connectivity index (χ0n) is 14.9. The Morgan fingerprint density at radius 2 is 1.86 bits per heavy atom. The molecule has 6 nitrogen and oxygen atoms in total. The quantitative estimate of drug-likeness (QED) is 0.527. The number of hydrogen-bond donors (Lipinski definition) is 1. The highest BCUT2D eigenvalue weighted by Gasteiger charge is 2.12. The zero-order valence-corrected chi connectivity index (χ0v) is 15.6. The number of aromatic nitrogens is 3. The highest BCUT2D eigenvalue weighted by Crippen LogP contribution is 2.18. The molecule has 0 aliphatic heterocycles. The van der Waals surface area contributed by atoms with Gasteiger partial charge in [-0.25, -0.2) is 9.67 Å². The molecule has 0 saturated carbocycles. The number of oxazole rings is 1. The Balaban J connectivity index is 1.40. The highest BCUT2D eigenvalue weighted by molar-refractivity contribution is 6.30. The van der Waals surface area contributed by atoms with Gasteiger partial charge in [0.1, 0.15) is 12.1 Å². The van der Waals surface area contributed by atoms with Crippen LogP contribution in [0.15, 0.2) is 77.5 Å². The maximum atomic E-state index is 12.4. The summed E-state index contributed by atoms with van der Waals surface area (Å²) in [7, 11) is 0. The van der Waals surface area contributed by atoms with E-state index in [1.165, 1.54) is 6.26 Å². The minimum absolute atomic E-state index is 0.114. The Kier molecular flexibility index (Phi) is 5.21. The van der Waals surface area contributed by atoms with Crippen LogP contribution in [0.2, 0.25) is 5.02 Å². The second kappa shape index (κ2) is 8.10. The molecule has 4 rings (SSSR count). The van der Waals surface area contributed by atoms with Crippen LogP contribution in [0.25, 0.3) is 11.5 Å². The number of rotatable bonds is 6. The van der Waals surface area contributed by atoms with Crippen LogP contribution in [0.1, 0.15) is 11.3 Å². The van der Waals surface area contributed by atoms with Crippen LogP contribution in [0.3, 0.4) is 0 Å². The smallest absolute Gasteiger partial charge is 0.231 e. The van der Waals surface area contributed by atoms with Crippen LogP contribution in [0, 0.1) is 0 Å². The van der Waals surface area contributed by atoms with Gasteiger partial charge < -0.3 is 9.73 Å². The van der Waals surface area contributed by atoms with E-state index in [9.17, 15) is 4.79 Å². The van der Waals surface area contributed by atoms with Gasteiger partial charge in [0, 0.05) is 16.7 Å². The molecule has 0 bridgehead atoms. The summed E-state index contributed by atoms with van der Waals surface area (Å²) in [6, 6.07) is 18.8. The van der Waals surface area contributed by atoms with Gasteiger partial charge in [-0.05, 0) is 29.8 Å². The van der Waals surface area contributed by atoms with Gasteiger partial charge in [-0.3, -0.25) is 4.79 Å². The van der Waals surface area contributed by atoms with Crippen LogP contribution >= 0.6 is 11.6 Å². The largest absolute Gasteiger partial charge is 0.444 e. The number of carbonyl (C=O) groups excluding carboxylic acids is 1. The second-order valence-corrected chi connectivity index (χ2v) is 6.67. The van der Waals surface area contributed by atoms with Crippen molar-refractivity contribution in [3.8, 4) is 11.5 Å². The minimum Gasteiger partial charge on any atom is -0.444 e. The molecule has 0 aliphatic carbocycles. The van der Waals surface area contributed by atoms with Crippen molar-refractivity contribution in [1.29, 1.82) is 0 Å². The van der Waals surface area contributed by atoms with Gasteiger partial charge in [0.05, 0.1) is 24.9 Å². The van der Waals surface area contributed by atoms with Gasteiger partial charge >= 0.3 is 0 Å². The summed E-state index contributed by atoms with van der Waals surface area (Å²) in [6.07, 6.45) is 3.27. The van der Waals surface area contributed by atoms with E-state index in [0.29, 0.717) is 29.0 Å². The highest BCUT2D eigenvalue weighted by atomic mass is 35.5. The number of halogens is 1. The molecule has 0 radical (unpaired) electrons. The van der Waals surface area contributed by atoms with Crippen molar-refractivity contribution in [1.82, 2.24) is 14.8 Å². The third kappa shape index (κ3) is 4.29. The number of nitrogens with zero attached hydrogens (tertiary/aromatic N) is 3. The van der Waals surface area contributed by atoms with E-state index in [4.69, 9.17) is 16.0 Å². The molecule has 2 heterocycles. The van der Waals surface area contributed by atoms with E-state index in [2.05, 4.69) is 15.4 Å². The maximum Gasteiger partial charge on any atom is 0.231 e. The van der Waals surface area contributed by atoms with Gasteiger partial charge in [-0.1, -0.05) is 41.9 Å². The molecular weight excluding hydrogens is 376 g/mol. The first-order valence-corrected chi connectivity index (χ1v) is 9.11. The SMILES string of the molecule is O=C(Cc1coc(-c2ccccc2)n1)Nc1ccnn1Cc1ccc(Cl)cc1. The Labute approximate surface area is 166 Å². The van der Waals surface area contributed by atoms with Crippen LogP contribution in [-0.4, -0.2) is 20.7 Å². The molecule has 0 fully saturated rings. The molecule has 140 valence electrons. The lowest BCUT2D eigenvalue weighted by molar-refractivity contribution is -0.115. The third-order valence-electron chi connectivity index (χ3n) is 4.14. The van der Waals surface area contributed by atoms with Crippen molar-refractivity contribution < 1.29 is 9.21 Å². The fourth-order valence-electron chi connectivity index (χ4n) is 2.78. The Morgan fingerprint density at radius 3 is 2.64 bits per heavy atom. The summed E-state index contributed by atoms with van der Waals surface area (Å²) in [5, 5.41) is 7.83. The summed E-state index contributed by atoms with van der Waals surface area (Å²) < 4.78 is 7.20. The van der Waals surface area contributed by atoms with Crippen LogP contribution in [-0.2, 0) is 17.8 Å². The monoisotopic (exact) mass is 392 g/mol. The fraction of sp³-hybridized carbons (Fsp3) is 0.0952. The van der Waals surface area contributed by atoms with Crippen molar-refractivity contribution >= 4 is 23.3 Å². The summed E-state index contributed by atoms with van der Waals surface area (Å²) in [4.78, 5) is 16.8. The van der Waals surface area contributed by atoms with Gasteiger partial charge in [0.2, 0.25) is 11.8 Å². The summed E-state index contributed by atoms with van der Waals surface area (Å²) in [6.45, 7) is 0.530. The number of hydrogen-bond acceptors (Lipinski definition) is 4. The molecule has 1 N–H and O–H groups in total. The first-order chi connectivity index (χ1) is 13.7. The van der Waals surface area contributed by atoms with Gasteiger partial charge in [-0.15, -0.1) is 0 Å². The third-order valence-corrected chi connectivity index (χ3v) is 4.40. The Hall–Kier alpha value is -3.38. The van der Waals surface area contributed by atoms with E-state index in [-0.39, 0.29) is 12.3 Å².